The van der Waals surface area contributed by atoms with Gasteiger partial charge in [0.2, 0.25) is 0 Å². The van der Waals surface area contributed by atoms with Crippen LogP contribution in [0.1, 0.15) is 27.7 Å². The second kappa shape index (κ2) is 6.85. The van der Waals surface area contributed by atoms with E-state index in [-0.39, 0.29) is 5.57 Å². The largest absolute Gasteiger partial charge is 0.394 e. The van der Waals surface area contributed by atoms with Gasteiger partial charge in [-0.3, -0.25) is 0 Å². The summed E-state index contributed by atoms with van der Waals surface area (Å²) in [4.78, 5) is 0. The van der Waals surface area contributed by atoms with Crippen molar-refractivity contribution in [2.45, 2.75) is 57.9 Å². The highest BCUT2D eigenvalue weighted by molar-refractivity contribution is 5.38. The summed E-state index contributed by atoms with van der Waals surface area (Å²) in [5.41, 5.74) is 2.68. The highest BCUT2D eigenvalue weighted by Crippen LogP contribution is 2.39. The number of hydrogen-bond acceptors (Lipinski definition) is 6. The predicted octanol–water partition coefficient (Wildman–Crippen LogP) is -0.393. The first kappa shape index (κ1) is 18.1. The maximum absolute atomic E-state index is 10.9. The van der Waals surface area contributed by atoms with Gasteiger partial charge in [-0.15, -0.1) is 5.73 Å². The molecule has 0 aromatic carbocycles. The summed E-state index contributed by atoms with van der Waals surface area (Å²) in [5, 5.41) is 49.6. The van der Waals surface area contributed by atoms with Gasteiger partial charge in [-0.05, 0) is 44.9 Å². The van der Waals surface area contributed by atoms with Gasteiger partial charge in [0.05, 0.1) is 6.61 Å². The molecule has 1 unspecified atom stereocenters. The van der Waals surface area contributed by atoms with Crippen molar-refractivity contribution >= 4 is 0 Å². The molecule has 1 aliphatic rings. The summed E-state index contributed by atoms with van der Waals surface area (Å²) in [6.07, 6.45) is -4.62. The molecule has 120 valence electrons. The zero-order chi connectivity index (χ0) is 16.4. The summed E-state index contributed by atoms with van der Waals surface area (Å²) in [6.45, 7) is 6.40. The number of ether oxygens (including phenoxy) is 1. The predicted molar refractivity (Wildman–Crippen MR) is 76.2 cm³/mol. The minimum Gasteiger partial charge on any atom is -0.394 e. The highest BCUT2D eigenvalue weighted by Gasteiger charge is 2.59. The Kier molecular flexibility index (Phi) is 5.90. The minimum atomic E-state index is -2.04. The second-order valence-corrected chi connectivity index (χ2v) is 5.67. The van der Waals surface area contributed by atoms with E-state index >= 15 is 0 Å². The van der Waals surface area contributed by atoms with Gasteiger partial charge in [0.1, 0.15) is 23.9 Å². The molecule has 0 saturated carbocycles. The molecule has 0 bridgehead atoms. The smallest absolute Gasteiger partial charge is 0.184 e. The van der Waals surface area contributed by atoms with Crippen molar-refractivity contribution < 1.29 is 30.3 Å². The van der Waals surface area contributed by atoms with E-state index in [1.807, 2.05) is 13.8 Å². The molecule has 1 fully saturated rings. The Balaban J connectivity index is 3.43. The standard InChI is InChI=1S/C15H24O6/c1-8(2)5-6-10(9(3)4)15(20)12(18)14(19)21-13(15)11(17)7-16/h6,11-14,16-20H,7H2,1-4H3/t11-,12+,13-,14?,15-/m1/s1. The van der Waals surface area contributed by atoms with E-state index in [1.165, 1.54) is 6.08 Å². The molecule has 0 amide bonds. The topological polar surface area (TPSA) is 110 Å². The third-order valence-electron chi connectivity index (χ3n) is 3.45. The maximum atomic E-state index is 10.9. The molecule has 0 aromatic rings. The lowest BCUT2D eigenvalue weighted by atomic mass is 9.80. The molecule has 21 heavy (non-hydrogen) atoms. The molecule has 1 saturated heterocycles. The lowest BCUT2D eigenvalue weighted by Gasteiger charge is -2.34. The Labute approximate surface area is 124 Å². The molecular formula is C15H24O6. The van der Waals surface area contributed by atoms with Crippen LogP contribution in [-0.2, 0) is 4.74 Å². The zero-order valence-electron chi connectivity index (χ0n) is 12.7. The number of hydrogen-bond donors (Lipinski definition) is 5. The van der Waals surface area contributed by atoms with Crippen molar-refractivity contribution in [1.82, 2.24) is 0 Å². The fraction of sp³-hybridized carbons (Fsp3) is 0.667. The van der Waals surface area contributed by atoms with Crippen LogP contribution >= 0.6 is 0 Å². The molecular weight excluding hydrogens is 276 g/mol. The van der Waals surface area contributed by atoms with Gasteiger partial charge in [0, 0.05) is 0 Å². The highest BCUT2D eigenvalue weighted by atomic mass is 16.7. The van der Waals surface area contributed by atoms with Crippen LogP contribution in [0, 0.1) is 0 Å². The van der Waals surface area contributed by atoms with Gasteiger partial charge < -0.3 is 30.3 Å². The summed E-state index contributed by atoms with van der Waals surface area (Å²) < 4.78 is 5.04. The van der Waals surface area contributed by atoms with E-state index in [0.717, 1.165) is 5.57 Å². The summed E-state index contributed by atoms with van der Waals surface area (Å²) in [7, 11) is 0. The molecule has 0 aliphatic carbocycles. The van der Waals surface area contributed by atoms with Crippen molar-refractivity contribution in [3.63, 3.8) is 0 Å². The Morgan fingerprint density at radius 2 is 1.86 bits per heavy atom. The van der Waals surface area contributed by atoms with E-state index in [4.69, 9.17) is 9.84 Å². The second-order valence-electron chi connectivity index (χ2n) is 5.67. The maximum Gasteiger partial charge on any atom is 0.184 e. The van der Waals surface area contributed by atoms with E-state index < -0.39 is 36.8 Å². The van der Waals surface area contributed by atoms with Crippen LogP contribution in [0.3, 0.4) is 0 Å². The fourth-order valence-electron chi connectivity index (χ4n) is 2.38. The van der Waals surface area contributed by atoms with Crippen LogP contribution in [0.15, 0.2) is 28.5 Å². The van der Waals surface area contributed by atoms with Gasteiger partial charge in [0.15, 0.2) is 6.29 Å². The summed E-state index contributed by atoms with van der Waals surface area (Å²) >= 11 is 0. The van der Waals surface area contributed by atoms with E-state index in [2.05, 4.69) is 5.73 Å². The average molecular weight is 300 g/mol. The number of aliphatic hydroxyl groups excluding tert-OH is 4. The van der Waals surface area contributed by atoms with E-state index in [1.54, 1.807) is 13.8 Å². The quantitative estimate of drug-likeness (QED) is 0.357. The Morgan fingerprint density at radius 1 is 1.29 bits per heavy atom. The first-order chi connectivity index (χ1) is 9.66. The number of rotatable bonds is 4. The number of allylic oxidation sites excluding steroid dienone is 1. The lowest BCUT2D eigenvalue weighted by Crippen LogP contribution is -2.54. The monoisotopic (exact) mass is 300 g/mol. The van der Waals surface area contributed by atoms with Gasteiger partial charge in [-0.2, -0.15) is 0 Å². The third-order valence-corrected chi connectivity index (χ3v) is 3.45. The fourth-order valence-corrected chi connectivity index (χ4v) is 2.38. The molecule has 0 radical (unpaired) electrons. The van der Waals surface area contributed by atoms with Crippen molar-refractivity contribution in [2.75, 3.05) is 6.61 Å². The zero-order valence-corrected chi connectivity index (χ0v) is 12.7. The molecule has 6 heteroatoms. The molecule has 1 rings (SSSR count). The van der Waals surface area contributed by atoms with Crippen molar-refractivity contribution in [1.29, 1.82) is 0 Å². The van der Waals surface area contributed by atoms with Crippen LogP contribution in [-0.4, -0.2) is 62.3 Å². The Hall–Kier alpha value is -0.980. The van der Waals surface area contributed by atoms with Gasteiger partial charge in [-0.25, -0.2) is 0 Å². The third kappa shape index (κ3) is 3.44. The Morgan fingerprint density at radius 3 is 2.29 bits per heavy atom. The van der Waals surface area contributed by atoms with Crippen LogP contribution in [0.25, 0.3) is 0 Å². The normalized spacial score (nSPS) is 33.3. The van der Waals surface area contributed by atoms with Crippen LogP contribution in [0.2, 0.25) is 0 Å². The molecule has 6 nitrogen and oxygen atoms in total. The molecule has 5 N–H and O–H groups in total. The summed E-state index contributed by atoms with van der Waals surface area (Å²) in [5.74, 6) is 0. The molecule has 1 aliphatic heterocycles. The number of aliphatic hydroxyl groups is 5. The van der Waals surface area contributed by atoms with Crippen molar-refractivity contribution in [2.24, 2.45) is 0 Å². The summed E-state index contributed by atoms with van der Waals surface area (Å²) in [6, 6.07) is 0. The molecule has 1 heterocycles. The van der Waals surface area contributed by atoms with Crippen molar-refractivity contribution in [3.05, 3.63) is 28.5 Å². The SMILES string of the molecule is CC(C)=C=CC(=C(C)C)[C@]1(O)[C@@H]([C@H](O)CO)OC(O)[C@@H]1O. The van der Waals surface area contributed by atoms with Crippen LogP contribution in [0.4, 0.5) is 0 Å². The van der Waals surface area contributed by atoms with Gasteiger partial charge in [0.25, 0.3) is 0 Å². The van der Waals surface area contributed by atoms with Crippen LogP contribution in [0.5, 0.6) is 0 Å². The van der Waals surface area contributed by atoms with Gasteiger partial charge in [-0.1, -0.05) is 5.57 Å². The Bertz CT molecular complexity index is 469. The lowest BCUT2D eigenvalue weighted by molar-refractivity contribution is -0.152. The van der Waals surface area contributed by atoms with Gasteiger partial charge >= 0.3 is 0 Å². The van der Waals surface area contributed by atoms with Crippen molar-refractivity contribution in [3.8, 4) is 0 Å². The minimum absolute atomic E-state index is 0.283. The first-order valence-electron chi connectivity index (χ1n) is 6.77. The van der Waals surface area contributed by atoms with E-state index in [0.29, 0.717) is 5.57 Å². The van der Waals surface area contributed by atoms with E-state index in [9.17, 15) is 20.4 Å². The molecule has 0 aromatic heterocycles. The molecule has 0 spiro atoms. The molecule has 5 atom stereocenters. The average Bonchev–Trinajstić information content (AvgIpc) is 2.62. The van der Waals surface area contributed by atoms with Crippen LogP contribution < -0.4 is 0 Å². The first-order valence-corrected chi connectivity index (χ1v) is 6.77.